The fourth-order valence-corrected chi connectivity index (χ4v) is 5.76. The molecule has 4 N–H and O–H groups in total. The van der Waals surface area contributed by atoms with Gasteiger partial charge < -0.3 is 25.7 Å². The molecule has 3 atom stereocenters. The summed E-state index contributed by atoms with van der Waals surface area (Å²) in [5.74, 6) is 0.745. The van der Waals surface area contributed by atoms with Gasteiger partial charge in [0.15, 0.2) is 0 Å². The molecule has 2 aliphatic rings. The summed E-state index contributed by atoms with van der Waals surface area (Å²) in [5.41, 5.74) is 0. The molecule has 0 aromatic heterocycles. The lowest BCUT2D eigenvalue weighted by molar-refractivity contribution is -0.146. The zero-order valence-electron chi connectivity index (χ0n) is 30.1. The van der Waals surface area contributed by atoms with Gasteiger partial charge in [0.1, 0.15) is 6.04 Å². The first-order chi connectivity index (χ1) is 22.0. The Hall–Kier alpha value is -2.22. The molecule has 0 spiro atoms. The highest BCUT2D eigenvalue weighted by atomic mass is 16.5. The van der Waals surface area contributed by atoms with Crippen molar-refractivity contribution in [2.45, 2.75) is 186 Å². The lowest BCUT2D eigenvalue weighted by atomic mass is 10.1. The van der Waals surface area contributed by atoms with Crippen LogP contribution in [-0.4, -0.2) is 67.1 Å². The van der Waals surface area contributed by atoms with E-state index in [9.17, 15) is 9.59 Å². The first-order valence-electron chi connectivity index (χ1n) is 18.5. The van der Waals surface area contributed by atoms with Gasteiger partial charge in [-0.25, -0.2) is 0 Å². The molecule has 308 valence electrons. The van der Waals surface area contributed by atoms with Gasteiger partial charge in [0.05, 0.1) is 6.61 Å². The molecule has 2 saturated heterocycles. The molecule has 2 rings (SSSR count). The van der Waals surface area contributed by atoms with Crippen LogP contribution in [0, 0.1) is 5.92 Å². The molecule has 2 heterocycles. The van der Waals surface area contributed by atoms with Crippen LogP contribution < -0.4 is 10.6 Å². The SMILES string of the molecule is C.C.C.C.C.CC=CC=CC.CCCCC/C=C\C/C=C\CCCCCCCCOC(=O)C1CC(NC(=O)CCCCN2CCC(C)C2)CN1.O.[HH]. The van der Waals surface area contributed by atoms with Crippen LogP contribution in [0.5, 0.6) is 0 Å². The minimum absolute atomic E-state index is 0. The van der Waals surface area contributed by atoms with E-state index < -0.39 is 0 Å². The Morgan fingerprint density at radius 1 is 0.824 bits per heavy atom. The molecule has 0 aromatic carbocycles. The number of unbranched alkanes of at least 4 members (excludes halogenated alkanes) is 10. The molecular weight excluding hydrogens is 635 g/mol. The molecule has 7 nitrogen and oxygen atoms in total. The van der Waals surface area contributed by atoms with Crippen LogP contribution in [-0.2, 0) is 14.3 Å². The number of esters is 1. The molecule has 0 bridgehead atoms. The van der Waals surface area contributed by atoms with Crippen molar-refractivity contribution in [3.8, 4) is 0 Å². The summed E-state index contributed by atoms with van der Waals surface area (Å²) in [7, 11) is 0. The zero-order chi connectivity index (χ0) is 32.8. The van der Waals surface area contributed by atoms with E-state index in [4.69, 9.17) is 4.74 Å². The number of likely N-dealkylation sites (tertiary alicyclic amines) is 1. The van der Waals surface area contributed by atoms with Gasteiger partial charge in [0.2, 0.25) is 5.91 Å². The van der Waals surface area contributed by atoms with E-state index in [1.807, 2.05) is 38.2 Å². The van der Waals surface area contributed by atoms with Gasteiger partial charge in [0, 0.05) is 27.0 Å². The maximum absolute atomic E-state index is 12.4. The van der Waals surface area contributed by atoms with Crippen LogP contribution in [0.2, 0.25) is 0 Å². The summed E-state index contributed by atoms with van der Waals surface area (Å²) < 4.78 is 5.50. The standard InChI is InChI=1S/C33H59N3O3.C6H10.5CH4.H2O.H2/c1-3-4-5-6-7-8-9-10-11-12-13-14-15-16-17-20-25-39-33(38)31-26-30(27-34-31)35-32(37)21-18-19-23-36-24-22-29(2)28-36;1-3-5-6-4-2;;;;;;;/h7-8,10-11,29-31,34H,3-6,9,12-28H2,1-2H3,(H,35,37);3-6H,1-2H3;5*1H4;1H2;1H/b8-7-,11-10-;;;;;;;;. The Labute approximate surface area is 321 Å². The minimum atomic E-state index is -0.294. The monoisotopic (exact) mass is 728 g/mol. The first kappa shape index (κ1) is 60.8. The van der Waals surface area contributed by atoms with Gasteiger partial charge >= 0.3 is 5.97 Å². The number of nitrogens with one attached hydrogen (secondary N) is 2. The summed E-state index contributed by atoms with van der Waals surface area (Å²) in [4.78, 5) is 27.2. The van der Waals surface area contributed by atoms with Crippen LogP contribution in [0.3, 0.4) is 0 Å². The second kappa shape index (κ2) is 43.9. The average Bonchev–Trinajstić information content (AvgIpc) is 3.68. The molecule has 0 saturated carbocycles. The molecule has 2 fully saturated rings. The van der Waals surface area contributed by atoms with Gasteiger partial charge in [0.25, 0.3) is 0 Å². The largest absolute Gasteiger partial charge is 0.465 e. The highest BCUT2D eigenvalue weighted by Crippen LogP contribution is 2.16. The first-order valence-corrected chi connectivity index (χ1v) is 18.5. The van der Waals surface area contributed by atoms with Crippen molar-refractivity contribution < 1.29 is 21.2 Å². The van der Waals surface area contributed by atoms with Crippen molar-refractivity contribution in [1.82, 2.24) is 15.5 Å². The minimum Gasteiger partial charge on any atom is -0.465 e. The summed E-state index contributed by atoms with van der Waals surface area (Å²) in [6, 6.07) is -0.270. The Bertz CT molecular complexity index is 852. The van der Waals surface area contributed by atoms with Crippen molar-refractivity contribution in [3.05, 3.63) is 48.6 Å². The van der Waals surface area contributed by atoms with E-state index in [-0.39, 0.29) is 68.0 Å². The van der Waals surface area contributed by atoms with Crippen LogP contribution >= 0.6 is 0 Å². The predicted molar refractivity (Wildman–Crippen MR) is 232 cm³/mol. The quantitative estimate of drug-likeness (QED) is 0.0472. The number of nitrogens with zero attached hydrogens (tertiary/aromatic N) is 1. The number of rotatable bonds is 23. The number of ether oxygens (including phenoxy) is 1. The van der Waals surface area contributed by atoms with Gasteiger partial charge in [-0.1, -0.05) is 138 Å². The fourth-order valence-electron chi connectivity index (χ4n) is 5.76. The van der Waals surface area contributed by atoms with Crippen LogP contribution in [0.25, 0.3) is 0 Å². The Balaban J connectivity index is -0.000000287. The number of hydrogen-bond donors (Lipinski definition) is 2. The van der Waals surface area contributed by atoms with Gasteiger partial charge in [-0.05, 0) is 97.1 Å². The molecule has 0 aromatic rings. The van der Waals surface area contributed by atoms with E-state index in [1.165, 1.54) is 77.3 Å². The van der Waals surface area contributed by atoms with Crippen LogP contribution in [0.1, 0.15) is 175 Å². The Morgan fingerprint density at radius 2 is 1.41 bits per heavy atom. The smallest absolute Gasteiger partial charge is 0.323 e. The average molecular weight is 728 g/mol. The highest BCUT2D eigenvalue weighted by Gasteiger charge is 2.31. The van der Waals surface area contributed by atoms with E-state index in [0.717, 1.165) is 44.6 Å². The van der Waals surface area contributed by atoms with E-state index >= 15 is 0 Å². The van der Waals surface area contributed by atoms with Crippen molar-refractivity contribution in [1.29, 1.82) is 0 Å². The number of hydrogen-bond acceptors (Lipinski definition) is 5. The zero-order valence-corrected chi connectivity index (χ0v) is 30.1. The Kier molecular flexibility index (Phi) is 52.4. The normalized spacial score (nSPS) is 18.1. The number of amides is 1. The molecule has 1 amide bonds. The third-order valence-corrected chi connectivity index (χ3v) is 8.50. The summed E-state index contributed by atoms with van der Waals surface area (Å²) in [6.07, 6.45) is 36.1. The Morgan fingerprint density at radius 3 is 1.98 bits per heavy atom. The molecule has 51 heavy (non-hydrogen) atoms. The molecule has 0 radical (unpaired) electrons. The number of carbonyl (C=O) groups is 2. The van der Waals surface area contributed by atoms with Crippen LogP contribution in [0.4, 0.5) is 0 Å². The summed E-state index contributed by atoms with van der Waals surface area (Å²) in [5, 5.41) is 6.32. The lowest BCUT2D eigenvalue weighted by Gasteiger charge is -2.15. The number of allylic oxidation sites excluding steroid dienone is 8. The van der Waals surface area contributed by atoms with Crippen molar-refractivity contribution in [2.24, 2.45) is 5.92 Å². The summed E-state index contributed by atoms with van der Waals surface area (Å²) >= 11 is 0. The van der Waals surface area contributed by atoms with Gasteiger partial charge in [-0.2, -0.15) is 0 Å². The topological polar surface area (TPSA) is 102 Å². The lowest BCUT2D eigenvalue weighted by Crippen LogP contribution is -2.36. The van der Waals surface area contributed by atoms with E-state index in [2.05, 4.69) is 53.7 Å². The van der Waals surface area contributed by atoms with Crippen LogP contribution in [0.15, 0.2) is 48.6 Å². The summed E-state index contributed by atoms with van der Waals surface area (Å²) in [6.45, 7) is 13.2. The maximum atomic E-state index is 12.4. The highest BCUT2D eigenvalue weighted by molar-refractivity contribution is 5.78. The van der Waals surface area contributed by atoms with E-state index in [0.29, 0.717) is 26.0 Å². The number of carbonyl (C=O) groups excluding carboxylic acids is 2. The van der Waals surface area contributed by atoms with Gasteiger partial charge in [-0.15, -0.1) is 0 Å². The predicted octanol–water partition coefficient (Wildman–Crippen LogP) is 11.4. The molecule has 3 unspecified atom stereocenters. The molecule has 7 heteroatoms. The molecule has 2 aliphatic heterocycles. The third-order valence-electron chi connectivity index (χ3n) is 8.50. The second-order valence-electron chi connectivity index (χ2n) is 12.9. The van der Waals surface area contributed by atoms with Crippen molar-refractivity contribution >= 4 is 11.9 Å². The molecular formula is C44H93N3O4. The van der Waals surface area contributed by atoms with Gasteiger partial charge in [-0.3, -0.25) is 9.59 Å². The van der Waals surface area contributed by atoms with Crippen molar-refractivity contribution in [3.63, 3.8) is 0 Å². The maximum Gasteiger partial charge on any atom is 0.323 e. The molecule has 0 aliphatic carbocycles. The van der Waals surface area contributed by atoms with Crippen molar-refractivity contribution in [2.75, 3.05) is 32.8 Å². The third kappa shape index (κ3) is 35.9. The second-order valence-corrected chi connectivity index (χ2v) is 12.9. The fraction of sp³-hybridized carbons (Fsp3) is 0.773. The van der Waals surface area contributed by atoms with E-state index in [1.54, 1.807) is 0 Å².